The number of benzene rings is 2. The second-order valence-corrected chi connectivity index (χ2v) is 5.62. The van der Waals surface area contributed by atoms with Gasteiger partial charge in [0, 0.05) is 19.2 Å². The van der Waals surface area contributed by atoms with Gasteiger partial charge >= 0.3 is 0 Å². The summed E-state index contributed by atoms with van der Waals surface area (Å²) in [7, 11) is 1.58. The second-order valence-electron chi connectivity index (χ2n) is 5.62. The van der Waals surface area contributed by atoms with Crippen molar-refractivity contribution in [1.82, 2.24) is 14.9 Å². The summed E-state index contributed by atoms with van der Waals surface area (Å²) in [5, 5.41) is 0.532. The number of fused-ring (bicyclic) bond motifs is 1. The number of nitrogens with one attached hydrogen (secondary N) is 1. The summed E-state index contributed by atoms with van der Waals surface area (Å²) in [4.78, 5) is 33.8. The van der Waals surface area contributed by atoms with Gasteiger partial charge in [-0.2, -0.15) is 0 Å². The number of amides is 1. The molecule has 6 nitrogen and oxygen atoms in total. The van der Waals surface area contributed by atoms with E-state index in [0.717, 1.165) is 0 Å². The topological polar surface area (TPSA) is 75.3 Å². The molecule has 128 valence electrons. The number of ether oxygens (including phenoxy) is 1. The third kappa shape index (κ3) is 3.92. The van der Waals surface area contributed by atoms with Crippen molar-refractivity contribution in [2.75, 3.05) is 20.3 Å². The molecule has 1 amide bonds. The predicted molar refractivity (Wildman–Crippen MR) is 95.4 cm³/mol. The van der Waals surface area contributed by atoms with Gasteiger partial charge in [0.2, 0.25) is 0 Å². The number of H-pyrrole nitrogens is 1. The largest absolute Gasteiger partial charge is 0.383 e. The van der Waals surface area contributed by atoms with Crippen molar-refractivity contribution in [3.8, 4) is 0 Å². The third-order valence-corrected chi connectivity index (χ3v) is 3.88. The van der Waals surface area contributed by atoms with Gasteiger partial charge in [0.15, 0.2) is 0 Å². The predicted octanol–water partition coefficient (Wildman–Crippen LogP) is 2.21. The van der Waals surface area contributed by atoms with Crippen LogP contribution in [0.1, 0.15) is 16.2 Å². The minimum atomic E-state index is -0.209. The van der Waals surface area contributed by atoms with Crippen LogP contribution in [0.3, 0.4) is 0 Å². The number of hydrogen-bond donors (Lipinski definition) is 1. The van der Waals surface area contributed by atoms with Crippen LogP contribution in [0.15, 0.2) is 59.4 Å². The first-order chi connectivity index (χ1) is 12.2. The van der Waals surface area contributed by atoms with E-state index in [1.54, 1.807) is 42.3 Å². The van der Waals surface area contributed by atoms with E-state index in [-0.39, 0.29) is 18.0 Å². The van der Waals surface area contributed by atoms with Crippen LogP contribution in [-0.2, 0) is 11.3 Å². The Morgan fingerprint density at radius 2 is 1.84 bits per heavy atom. The average Bonchev–Trinajstić information content (AvgIpc) is 2.65. The number of methoxy groups -OCH3 is 1. The molecule has 0 atom stereocenters. The summed E-state index contributed by atoms with van der Waals surface area (Å²) in [5.41, 5.74) is 0.987. The van der Waals surface area contributed by atoms with Gasteiger partial charge in [-0.25, -0.2) is 4.98 Å². The smallest absolute Gasteiger partial charge is 0.258 e. The molecule has 3 rings (SSSR count). The Bertz CT molecular complexity index is 922. The molecule has 0 fully saturated rings. The highest BCUT2D eigenvalue weighted by Crippen LogP contribution is 2.10. The van der Waals surface area contributed by atoms with Gasteiger partial charge in [0.25, 0.3) is 11.5 Å². The zero-order chi connectivity index (χ0) is 17.6. The third-order valence-electron chi connectivity index (χ3n) is 3.88. The van der Waals surface area contributed by atoms with E-state index in [0.29, 0.717) is 35.4 Å². The highest BCUT2D eigenvalue weighted by molar-refractivity contribution is 5.94. The normalized spacial score (nSPS) is 10.8. The summed E-state index contributed by atoms with van der Waals surface area (Å²) in [6.45, 7) is 1.01. The molecule has 0 bridgehead atoms. The summed E-state index contributed by atoms with van der Waals surface area (Å²) in [6, 6.07) is 16.2. The maximum absolute atomic E-state index is 12.8. The molecule has 6 heteroatoms. The molecule has 0 radical (unpaired) electrons. The van der Waals surface area contributed by atoms with Crippen molar-refractivity contribution in [3.63, 3.8) is 0 Å². The van der Waals surface area contributed by atoms with Gasteiger partial charge in [-0.05, 0) is 24.3 Å². The lowest BCUT2D eigenvalue weighted by atomic mass is 10.2. The van der Waals surface area contributed by atoms with Crippen LogP contribution in [0.4, 0.5) is 0 Å². The minimum absolute atomic E-state index is 0.131. The van der Waals surface area contributed by atoms with Crippen LogP contribution < -0.4 is 5.56 Å². The fraction of sp³-hybridized carbons (Fsp3) is 0.211. The second kappa shape index (κ2) is 7.72. The number of carbonyl (C=O) groups is 1. The van der Waals surface area contributed by atoms with Crippen molar-refractivity contribution >= 4 is 16.8 Å². The first-order valence-corrected chi connectivity index (χ1v) is 8.00. The SMILES string of the molecule is COCCN(Cc1nc2ccccc2c(=O)[nH]1)C(=O)c1ccccc1. The van der Waals surface area contributed by atoms with E-state index in [1.807, 2.05) is 24.3 Å². The molecular formula is C19H19N3O3. The maximum atomic E-state index is 12.8. The van der Waals surface area contributed by atoms with Gasteiger partial charge in [-0.1, -0.05) is 30.3 Å². The monoisotopic (exact) mass is 337 g/mol. The fourth-order valence-electron chi connectivity index (χ4n) is 2.61. The van der Waals surface area contributed by atoms with Crippen molar-refractivity contribution in [2.45, 2.75) is 6.54 Å². The number of hydrogen-bond acceptors (Lipinski definition) is 4. The first-order valence-electron chi connectivity index (χ1n) is 8.00. The van der Waals surface area contributed by atoms with E-state index >= 15 is 0 Å². The lowest BCUT2D eigenvalue weighted by Crippen LogP contribution is -2.34. The Morgan fingerprint density at radius 1 is 1.12 bits per heavy atom. The summed E-state index contributed by atoms with van der Waals surface area (Å²) >= 11 is 0. The Hall–Kier alpha value is -2.99. The first kappa shape index (κ1) is 16.9. The molecule has 0 aliphatic heterocycles. The zero-order valence-corrected chi connectivity index (χ0v) is 13.9. The molecular weight excluding hydrogens is 318 g/mol. The van der Waals surface area contributed by atoms with Gasteiger partial charge in [-0.15, -0.1) is 0 Å². The maximum Gasteiger partial charge on any atom is 0.258 e. The molecule has 0 aliphatic rings. The highest BCUT2D eigenvalue weighted by atomic mass is 16.5. The van der Waals surface area contributed by atoms with Gasteiger partial charge in [0.1, 0.15) is 5.82 Å². The van der Waals surface area contributed by atoms with E-state index in [1.165, 1.54) is 0 Å². The summed E-state index contributed by atoms with van der Waals surface area (Å²) < 4.78 is 5.10. The van der Waals surface area contributed by atoms with Crippen LogP contribution in [0.25, 0.3) is 10.9 Å². The standard InChI is InChI=1S/C19H19N3O3/c1-25-12-11-22(19(24)14-7-3-2-4-8-14)13-17-20-16-10-6-5-9-15(16)18(23)21-17/h2-10H,11-13H2,1H3,(H,20,21,23). The molecule has 0 spiro atoms. The number of carbonyl (C=O) groups excluding carboxylic acids is 1. The Balaban J connectivity index is 1.90. The molecule has 0 aliphatic carbocycles. The van der Waals surface area contributed by atoms with Crippen molar-refractivity contribution in [1.29, 1.82) is 0 Å². The van der Waals surface area contributed by atoms with Crippen LogP contribution in [-0.4, -0.2) is 41.0 Å². The minimum Gasteiger partial charge on any atom is -0.383 e. The van der Waals surface area contributed by atoms with Crippen LogP contribution >= 0.6 is 0 Å². The quantitative estimate of drug-likeness (QED) is 0.748. The fourth-order valence-corrected chi connectivity index (χ4v) is 2.61. The van der Waals surface area contributed by atoms with Crippen molar-refractivity contribution in [2.24, 2.45) is 0 Å². The van der Waals surface area contributed by atoms with E-state index in [9.17, 15) is 9.59 Å². The molecule has 3 aromatic rings. The van der Waals surface area contributed by atoms with Crippen LogP contribution in [0.2, 0.25) is 0 Å². The summed E-state index contributed by atoms with van der Waals surface area (Å²) in [5.74, 6) is 0.317. The Labute approximate surface area is 145 Å². The molecule has 1 N–H and O–H groups in total. The lowest BCUT2D eigenvalue weighted by molar-refractivity contribution is 0.0675. The van der Waals surface area contributed by atoms with Gasteiger partial charge < -0.3 is 14.6 Å². The highest BCUT2D eigenvalue weighted by Gasteiger charge is 2.17. The zero-order valence-electron chi connectivity index (χ0n) is 13.9. The number of rotatable bonds is 6. The molecule has 2 aromatic carbocycles. The van der Waals surface area contributed by atoms with E-state index < -0.39 is 0 Å². The van der Waals surface area contributed by atoms with Crippen LogP contribution in [0.5, 0.6) is 0 Å². The molecule has 25 heavy (non-hydrogen) atoms. The Morgan fingerprint density at radius 3 is 2.60 bits per heavy atom. The average molecular weight is 337 g/mol. The Kier molecular flexibility index (Phi) is 5.20. The van der Waals surface area contributed by atoms with Gasteiger partial charge in [0.05, 0.1) is 24.1 Å². The number of para-hydroxylation sites is 1. The molecule has 0 saturated carbocycles. The molecule has 0 unspecified atom stereocenters. The van der Waals surface area contributed by atoms with Crippen molar-refractivity contribution in [3.05, 3.63) is 76.3 Å². The van der Waals surface area contributed by atoms with E-state index in [2.05, 4.69) is 9.97 Å². The van der Waals surface area contributed by atoms with Gasteiger partial charge in [-0.3, -0.25) is 9.59 Å². The number of aromatic nitrogens is 2. The number of nitrogens with zero attached hydrogens (tertiary/aromatic N) is 2. The lowest BCUT2D eigenvalue weighted by Gasteiger charge is -2.22. The number of aromatic amines is 1. The summed E-state index contributed by atoms with van der Waals surface area (Å²) in [6.07, 6.45) is 0. The van der Waals surface area contributed by atoms with E-state index in [4.69, 9.17) is 4.74 Å². The molecule has 0 saturated heterocycles. The van der Waals surface area contributed by atoms with Crippen LogP contribution in [0, 0.1) is 0 Å². The molecule has 1 heterocycles. The molecule has 1 aromatic heterocycles. The van der Waals surface area contributed by atoms with Crippen molar-refractivity contribution < 1.29 is 9.53 Å².